The molecule has 1 aliphatic carbocycles. The fourth-order valence-corrected chi connectivity index (χ4v) is 3.54. The van der Waals surface area contributed by atoms with Crippen molar-refractivity contribution in [3.05, 3.63) is 48.9 Å². The van der Waals surface area contributed by atoms with Gasteiger partial charge in [0.2, 0.25) is 0 Å². The van der Waals surface area contributed by atoms with Crippen LogP contribution in [0.5, 0.6) is 5.75 Å². The van der Waals surface area contributed by atoms with Crippen LogP contribution in [-0.2, 0) is 39.3 Å². The van der Waals surface area contributed by atoms with Gasteiger partial charge in [0, 0.05) is 44.0 Å². The van der Waals surface area contributed by atoms with Crippen LogP contribution in [0.3, 0.4) is 0 Å². The molecule has 0 aromatic heterocycles. The van der Waals surface area contributed by atoms with Crippen molar-refractivity contribution in [2.75, 3.05) is 6.61 Å². The van der Waals surface area contributed by atoms with E-state index < -0.39 is 6.10 Å². The third-order valence-electron chi connectivity index (χ3n) is 4.47. The maximum absolute atomic E-state index is 10.3. The molecular weight excluding hydrogens is 401 g/mol. The molecule has 0 bridgehead atoms. The maximum Gasteiger partial charge on any atom is 0.119 e. The molecule has 1 radical (unpaired) electrons. The Balaban J connectivity index is 0.00000288. The second kappa shape index (κ2) is 11.6. The number of aliphatic hydroxyl groups excluding tert-OH is 2. The van der Waals surface area contributed by atoms with E-state index in [1.807, 2.05) is 24.3 Å². The van der Waals surface area contributed by atoms with Gasteiger partial charge in [-0.15, -0.1) is 11.6 Å². The zero-order valence-electron chi connectivity index (χ0n) is 14.0. The Kier molecular flexibility index (Phi) is 10.7. The maximum atomic E-state index is 10.3. The Morgan fingerprint density at radius 2 is 1.92 bits per heavy atom. The number of hydrogen-bond donors (Lipinski definition) is 2. The summed E-state index contributed by atoms with van der Waals surface area (Å²) in [5.41, 5.74) is 0.854. The van der Waals surface area contributed by atoms with E-state index in [0.29, 0.717) is 13.0 Å². The van der Waals surface area contributed by atoms with Gasteiger partial charge in [0.25, 0.3) is 0 Å². The van der Waals surface area contributed by atoms with Gasteiger partial charge in [-0.05, 0) is 36.5 Å². The van der Waals surface area contributed by atoms with Gasteiger partial charge in [0.1, 0.15) is 5.75 Å². The summed E-state index contributed by atoms with van der Waals surface area (Å²) in [7, 11) is 0. The average Bonchev–Trinajstić information content (AvgIpc) is 2.83. The first kappa shape index (κ1) is 22.1. The van der Waals surface area contributed by atoms with E-state index in [0.717, 1.165) is 30.6 Å². The van der Waals surface area contributed by atoms with Crippen molar-refractivity contribution in [1.82, 2.24) is 0 Å². The summed E-state index contributed by atoms with van der Waals surface area (Å²) in [6.07, 6.45) is 7.21. The summed E-state index contributed by atoms with van der Waals surface area (Å²) in [4.78, 5) is 0. The second-order valence-corrected chi connectivity index (χ2v) is 6.67. The van der Waals surface area contributed by atoms with E-state index in [4.69, 9.17) is 21.4 Å². The van der Waals surface area contributed by atoms with E-state index >= 15 is 0 Å². The largest absolute Gasteiger partial charge is 0.493 e. The van der Waals surface area contributed by atoms with Crippen molar-refractivity contribution in [3.63, 3.8) is 0 Å². The molecule has 0 aliphatic heterocycles. The molecule has 4 atom stereocenters. The summed E-state index contributed by atoms with van der Waals surface area (Å²) in [5.74, 6) is 1.02. The molecule has 24 heavy (non-hydrogen) atoms. The third-order valence-corrected chi connectivity index (χ3v) is 4.97. The first-order valence-electron chi connectivity index (χ1n) is 8.24. The SMILES string of the molecule is [CH2-]CC/C=C\C[C@@H]1[C@@H](COc2ccc(CO)cc2)[C@H](O)C[C@H]1Cl.[Y]. The monoisotopic (exact) mass is 426 g/mol. The zero-order valence-corrected chi connectivity index (χ0v) is 17.6. The minimum absolute atomic E-state index is 0. The first-order chi connectivity index (χ1) is 11.2. The number of aliphatic hydroxyl groups is 2. The van der Waals surface area contributed by atoms with Crippen molar-refractivity contribution < 1.29 is 47.7 Å². The quantitative estimate of drug-likeness (QED) is 0.378. The third kappa shape index (κ3) is 6.42. The molecule has 1 aromatic carbocycles. The van der Waals surface area contributed by atoms with Crippen LogP contribution in [0.25, 0.3) is 0 Å². The van der Waals surface area contributed by atoms with Gasteiger partial charge in [-0.3, -0.25) is 0 Å². The molecule has 2 N–H and O–H groups in total. The van der Waals surface area contributed by atoms with Crippen LogP contribution in [0.4, 0.5) is 0 Å². The Hall–Kier alpha value is 0.0739. The molecule has 0 saturated heterocycles. The van der Waals surface area contributed by atoms with Crippen molar-refractivity contribution in [1.29, 1.82) is 0 Å². The number of alkyl halides is 1. The Bertz CT molecular complexity index is 492. The minimum atomic E-state index is -0.416. The van der Waals surface area contributed by atoms with Crippen molar-refractivity contribution >= 4 is 11.6 Å². The van der Waals surface area contributed by atoms with Crippen LogP contribution in [0.1, 0.15) is 31.2 Å². The van der Waals surface area contributed by atoms with Gasteiger partial charge in [-0.2, -0.15) is 6.42 Å². The molecule has 1 aliphatic rings. The molecule has 0 spiro atoms. The minimum Gasteiger partial charge on any atom is -0.493 e. The van der Waals surface area contributed by atoms with Crippen LogP contribution in [0.2, 0.25) is 0 Å². The summed E-state index contributed by atoms with van der Waals surface area (Å²) < 4.78 is 5.83. The van der Waals surface area contributed by atoms with Gasteiger partial charge in [0.05, 0.1) is 19.3 Å². The Labute approximate surface area is 175 Å². The molecule has 1 aromatic rings. The number of rotatable bonds is 8. The van der Waals surface area contributed by atoms with Gasteiger partial charge in [0.15, 0.2) is 0 Å². The van der Waals surface area contributed by atoms with E-state index in [9.17, 15) is 5.11 Å². The van der Waals surface area contributed by atoms with E-state index in [-0.39, 0.29) is 56.5 Å². The van der Waals surface area contributed by atoms with E-state index in [1.165, 1.54) is 0 Å². The van der Waals surface area contributed by atoms with Crippen LogP contribution in [-0.4, -0.2) is 28.3 Å². The summed E-state index contributed by atoms with van der Waals surface area (Å²) in [6, 6.07) is 7.36. The summed E-state index contributed by atoms with van der Waals surface area (Å²) in [5, 5.41) is 19.3. The van der Waals surface area contributed by atoms with Crippen molar-refractivity contribution in [3.8, 4) is 5.75 Å². The van der Waals surface area contributed by atoms with Gasteiger partial charge in [-0.1, -0.05) is 30.7 Å². The van der Waals surface area contributed by atoms with Gasteiger partial charge >= 0.3 is 0 Å². The fourth-order valence-electron chi connectivity index (χ4n) is 3.06. The van der Waals surface area contributed by atoms with Crippen LogP contribution in [0, 0.1) is 18.8 Å². The van der Waals surface area contributed by atoms with Gasteiger partial charge in [-0.25, -0.2) is 0 Å². The smallest absolute Gasteiger partial charge is 0.119 e. The predicted molar refractivity (Wildman–Crippen MR) is 93.5 cm³/mol. The molecule has 2 rings (SSSR count). The number of hydrogen-bond acceptors (Lipinski definition) is 3. The van der Waals surface area contributed by atoms with E-state index in [2.05, 4.69) is 19.1 Å². The van der Waals surface area contributed by atoms with Crippen molar-refractivity contribution in [2.45, 2.75) is 43.8 Å². The summed E-state index contributed by atoms with van der Waals surface area (Å²) >= 11 is 6.41. The fraction of sp³-hybridized carbons (Fsp3) is 0.526. The number of allylic oxidation sites excluding steroid dienone is 2. The topological polar surface area (TPSA) is 49.7 Å². The van der Waals surface area contributed by atoms with Crippen LogP contribution in [0.15, 0.2) is 36.4 Å². The molecule has 0 amide bonds. The molecule has 131 valence electrons. The molecule has 0 unspecified atom stereocenters. The van der Waals surface area contributed by atoms with Gasteiger partial charge < -0.3 is 21.9 Å². The second-order valence-electron chi connectivity index (χ2n) is 6.11. The predicted octanol–water partition coefficient (Wildman–Crippen LogP) is 3.72. The molecule has 1 fully saturated rings. The zero-order chi connectivity index (χ0) is 16.7. The van der Waals surface area contributed by atoms with Crippen LogP contribution < -0.4 is 4.74 Å². The van der Waals surface area contributed by atoms with Crippen LogP contribution >= 0.6 is 11.6 Å². The Morgan fingerprint density at radius 3 is 2.54 bits per heavy atom. The summed E-state index contributed by atoms with van der Waals surface area (Å²) in [6.45, 7) is 4.30. The molecule has 3 nitrogen and oxygen atoms in total. The molecule has 1 saturated carbocycles. The number of ether oxygens (including phenoxy) is 1. The molecule has 5 heteroatoms. The van der Waals surface area contributed by atoms with Crippen molar-refractivity contribution in [2.24, 2.45) is 11.8 Å². The molecular formula is C19H26ClO3Y-. The number of benzene rings is 1. The Morgan fingerprint density at radius 1 is 1.21 bits per heavy atom. The number of halogens is 1. The normalized spacial score (nSPS) is 26.5. The van der Waals surface area contributed by atoms with E-state index in [1.54, 1.807) is 0 Å². The average molecular weight is 427 g/mol. The molecule has 0 heterocycles. The number of unbranched alkanes of at least 4 members (excludes halogenated alkanes) is 1. The standard InChI is InChI=1S/C19H26ClO3.Y/c1-2-3-4-5-6-16-17(19(22)11-18(16)20)13-23-15-9-7-14(12-21)8-10-15;/h4-5,7-10,16-19,21-22H,1-3,6,11-13H2;/q-1;/b5-4-;/t16-,17-,18-,19-;/m1./s1. The first-order valence-corrected chi connectivity index (χ1v) is 8.68.